The molecule has 0 saturated heterocycles. The highest BCUT2D eigenvalue weighted by Gasteiger charge is 2.19. The second kappa shape index (κ2) is 7.38. The Morgan fingerprint density at radius 1 is 1.30 bits per heavy atom. The van der Waals surface area contributed by atoms with E-state index in [4.69, 9.17) is 5.73 Å². The van der Waals surface area contributed by atoms with Crippen LogP contribution in [0.25, 0.3) is 11.3 Å². The van der Waals surface area contributed by atoms with Gasteiger partial charge in [-0.1, -0.05) is 37.3 Å². The van der Waals surface area contributed by atoms with Gasteiger partial charge in [0.1, 0.15) is 10.7 Å². The van der Waals surface area contributed by atoms with Gasteiger partial charge >= 0.3 is 0 Å². The summed E-state index contributed by atoms with van der Waals surface area (Å²) in [5.41, 5.74) is 9.27. The zero-order valence-corrected chi connectivity index (χ0v) is 13.0. The zero-order valence-electron chi connectivity index (χ0n) is 11.4. The predicted octanol–water partition coefficient (Wildman–Crippen LogP) is 3.15. The first-order chi connectivity index (χ1) is 9.09. The maximum atomic E-state index is 12.0. The minimum atomic E-state index is -0.231. The van der Waals surface area contributed by atoms with Gasteiger partial charge in [0.25, 0.3) is 0 Å². The minimum Gasteiger partial charge on any atom is -0.327 e. The molecule has 108 valence electrons. The van der Waals surface area contributed by atoms with Gasteiger partial charge in [-0.05, 0) is 6.92 Å². The van der Waals surface area contributed by atoms with Crippen molar-refractivity contribution in [1.29, 1.82) is 0 Å². The number of hydrogen-bond acceptors (Lipinski definition) is 4. The summed E-state index contributed by atoms with van der Waals surface area (Å²) < 4.78 is 0. The quantitative estimate of drug-likeness (QED) is 0.911. The highest BCUT2D eigenvalue weighted by molar-refractivity contribution is 7.14. The Hall–Kier alpha value is -1.43. The van der Waals surface area contributed by atoms with Crippen LogP contribution in [0.3, 0.4) is 0 Å². The van der Waals surface area contributed by atoms with Crippen LogP contribution in [0.2, 0.25) is 0 Å². The van der Waals surface area contributed by atoms with Crippen LogP contribution < -0.4 is 11.1 Å². The van der Waals surface area contributed by atoms with Crippen molar-refractivity contribution in [2.45, 2.75) is 19.9 Å². The summed E-state index contributed by atoms with van der Waals surface area (Å²) in [6.45, 7) is 3.65. The van der Waals surface area contributed by atoms with Crippen molar-refractivity contribution < 1.29 is 4.79 Å². The lowest BCUT2D eigenvalue weighted by molar-refractivity contribution is -0.119. The molecule has 1 heterocycles. The Kier molecular flexibility index (Phi) is 6.13. The van der Waals surface area contributed by atoms with E-state index < -0.39 is 0 Å². The molecule has 1 aromatic carbocycles. The van der Waals surface area contributed by atoms with Crippen LogP contribution in [0.4, 0.5) is 5.00 Å². The first-order valence-corrected chi connectivity index (χ1v) is 7.03. The van der Waals surface area contributed by atoms with Crippen molar-refractivity contribution in [3.8, 4) is 11.3 Å². The third-order valence-electron chi connectivity index (χ3n) is 3.05. The number of nitrogens with one attached hydrogen (secondary N) is 1. The Morgan fingerprint density at radius 2 is 1.95 bits per heavy atom. The van der Waals surface area contributed by atoms with Crippen molar-refractivity contribution in [3.05, 3.63) is 35.8 Å². The highest BCUT2D eigenvalue weighted by Crippen LogP contribution is 2.30. The molecule has 0 aliphatic heterocycles. The van der Waals surface area contributed by atoms with Crippen LogP contribution in [0.1, 0.15) is 13.8 Å². The van der Waals surface area contributed by atoms with Gasteiger partial charge < -0.3 is 11.1 Å². The van der Waals surface area contributed by atoms with E-state index in [1.165, 1.54) is 11.3 Å². The molecule has 2 aromatic rings. The van der Waals surface area contributed by atoms with Crippen LogP contribution in [-0.4, -0.2) is 16.9 Å². The molecule has 0 bridgehead atoms. The third-order valence-corrected chi connectivity index (χ3v) is 3.80. The normalized spacial score (nSPS) is 13.2. The average Bonchev–Trinajstić information content (AvgIpc) is 2.86. The Morgan fingerprint density at radius 3 is 2.55 bits per heavy atom. The molecule has 0 aliphatic carbocycles. The number of benzene rings is 1. The van der Waals surface area contributed by atoms with E-state index in [9.17, 15) is 4.79 Å². The van der Waals surface area contributed by atoms with E-state index in [-0.39, 0.29) is 30.3 Å². The fourth-order valence-corrected chi connectivity index (χ4v) is 2.31. The summed E-state index contributed by atoms with van der Waals surface area (Å²) in [7, 11) is 0. The summed E-state index contributed by atoms with van der Waals surface area (Å²) in [6.07, 6.45) is 0. The van der Waals surface area contributed by atoms with Crippen LogP contribution in [0, 0.1) is 5.92 Å². The van der Waals surface area contributed by atoms with Gasteiger partial charge in [-0.25, -0.2) is 4.98 Å². The predicted molar refractivity (Wildman–Crippen MR) is 86.2 cm³/mol. The van der Waals surface area contributed by atoms with Crippen molar-refractivity contribution >= 4 is 34.7 Å². The zero-order chi connectivity index (χ0) is 13.8. The molecule has 2 atom stereocenters. The number of rotatable bonds is 4. The van der Waals surface area contributed by atoms with E-state index in [0.717, 1.165) is 16.3 Å². The number of nitrogens with zero attached hydrogens (tertiary/aromatic N) is 1. The summed E-state index contributed by atoms with van der Waals surface area (Å²) in [4.78, 5) is 16.3. The number of carbonyl (C=O) groups is 1. The summed E-state index contributed by atoms with van der Waals surface area (Å²) >= 11 is 1.42. The van der Waals surface area contributed by atoms with Crippen LogP contribution in [0.5, 0.6) is 0 Å². The van der Waals surface area contributed by atoms with Crippen LogP contribution in [0.15, 0.2) is 35.8 Å². The van der Waals surface area contributed by atoms with E-state index in [0.29, 0.717) is 0 Å². The number of carbonyl (C=O) groups excluding carboxylic acids is 1. The molecule has 0 fully saturated rings. The van der Waals surface area contributed by atoms with Crippen molar-refractivity contribution in [3.63, 3.8) is 0 Å². The van der Waals surface area contributed by atoms with Gasteiger partial charge in [0.05, 0.1) is 11.4 Å². The maximum Gasteiger partial charge on any atom is 0.229 e. The molecule has 0 radical (unpaired) electrons. The molecule has 3 N–H and O–H groups in total. The molecule has 2 unspecified atom stereocenters. The van der Waals surface area contributed by atoms with E-state index >= 15 is 0 Å². The van der Waals surface area contributed by atoms with E-state index in [1.54, 1.807) is 5.51 Å². The molecule has 2 rings (SSSR count). The third kappa shape index (κ3) is 3.79. The van der Waals surface area contributed by atoms with Gasteiger partial charge in [-0.2, -0.15) is 0 Å². The van der Waals surface area contributed by atoms with Gasteiger partial charge in [0.2, 0.25) is 5.91 Å². The molecule has 1 amide bonds. The standard InChI is InChI=1S/C14H17N3OS.ClH/c1-9(10(2)15)13(18)17-14-12(16-8-19-14)11-6-4-3-5-7-11;/h3-10H,15H2,1-2H3,(H,17,18);1H. The number of aromatic nitrogens is 1. The van der Waals surface area contributed by atoms with Gasteiger partial charge in [0, 0.05) is 11.6 Å². The SMILES string of the molecule is CC(N)C(C)C(=O)Nc1scnc1-c1ccccc1.Cl. The van der Waals surface area contributed by atoms with Crippen molar-refractivity contribution in [1.82, 2.24) is 4.98 Å². The molecule has 0 aliphatic rings. The van der Waals surface area contributed by atoms with E-state index in [1.807, 2.05) is 44.2 Å². The van der Waals surface area contributed by atoms with Crippen molar-refractivity contribution in [2.75, 3.05) is 5.32 Å². The Labute approximate surface area is 128 Å². The number of nitrogens with two attached hydrogens (primary N) is 1. The minimum absolute atomic E-state index is 0. The summed E-state index contributed by atoms with van der Waals surface area (Å²) in [5, 5.41) is 3.67. The highest BCUT2D eigenvalue weighted by atomic mass is 35.5. The lowest BCUT2D eigenvalue weighted by atomic mass is 10.0. The molecular weight excluding hydrogens is 294 g/mol. The van der Waals surface area contributed by atoms with Gasteiger partial charge in [0.15, 0.2) is 0 Å². The fourth-order valence-electron chi connectivity index (χ4n) is 1.60. The van der Waals surface area contributed by atoms with Gasteiger partial charge in [-0.3, -0.25) is 4.79 Å². The first-order valence-electron chi connectivity index (χ1n) is 6.15. The number of amides is 1. The molecule has 0 saturated carbocycles. The molecule has 4 nitrogen and oxygen atoms in total. The second-order valence-corrected chi connectivity index (χ2v) is 5.39. The lowest BCUT2D eigenvalue weighted by Gasteiger charge is -2.15. The van der Waals surface area contributed by atoms with Crippen LogP contribution in [-0.2, 0) is 4.79 Å². The van der Waals surface area contributed by atoms with Crippen LogP contribution >= 0.6 is 23.7 Å². The largest absolute Gasteiger partial charge is 0.327 e. The van der Waals surface area contributed by atoms with Crippen molar-refractivity contribution in [2.24, 2.45) is 11.7 Å². The molecule has 20 heavy (non-hydrogen) atoms. The number of thiazole rings is 1. The fraction of sp³-hybridized carbons (Fsp3) is 0.286. The summed E-state index contributed by atoms with van der Waals surface area (Å²) in [6, 6.07) is 9.62. The monoisotopic (exact) mass is 311 g/mol. The summed E-state index contributed by atoms with van der Waals surface area (Å²) in [5.74, 6) is -0.304. The average molecular weight is 312 g/mol. The van der Waals surface area contributed by atoms with Gasteiger partial charge in [-0.15, -0.1) is 23.7 Å². The molecule has 1 aromatic heterocycles. The number of hydrogen-bond donors (Lipinski definition) is 2. The molecule has 6 heteroatoms. The molecular formula is C14H18ClN3OS. The number of anilines is 1. The lowest BCUT2D eigenvalue weighted by Crippen LogP contribution is -2.34. The number of halogens is 1. The smallest absolute Gasteiger partial charge is 0.229 e. The maximum absolute atomic E-state index is 12.0. The second-order valence-electron chi connectivity index (χ2n) is 4.53. The Bertz CT molecular complexity index is 557. The first kappa shape index (κ1) is 16.6. The topological polar surface area (TPSA) is 68.0 Å². The Balaban J connectivity index is 0.00000200. The molecule has 0 spiro atoms. The van der Waals surface area contributed by atoms with E-state index in [2.05, 4.69) is 10.3 Å².